The number of amides is 1. The van der Waals surface area contributed by atoms with Crippen molar-refractivity contribution in [2.45, 2.75) is 0 Å². The van der Waals surface area contributed by atoms with Crippen molar-refractivity contribution in [3.63, 3.8) is 0 Å². The molecule has 5 heteroatoms. The number of benzene rings is 1. The van der Waals surface area contributed by atoms with Crippen LogP contribution in [0.25, 0.3) is 5.69 Å². The molecule has 1 aromatic carbocycles. The van der Waals surface area contributed by atoms with Gasteiger partial charge in [0.1, 0.15) is 0 Å². The molecule has 0 unspecified atom stereocenters. The van der Waals surface area contributed by atoms with E-state index in [1.807, 2.05) is 41.3 Å². The maximum atomic E-state index is 11.4. The van der Waals surface area contributed by atoms with Crippen molar-refractivity contribution in [3.05, 3.63) is 43.0 Å². The van der Waals surface area contributed by atoms with Crippen LogP contribution >= 0.6 is 11.8 Å². The number of aromatic nitrogens is 2. The zero-order valence-electron chi connectivity index (χ0n) is 9.46. The van der Waals surface area contributed by atoms with Crippen molar-refractivity contribution in [3.8, 4) is 5.69 Å². The summed E-state index contributed by atoms with van der Waals surface area (Å²) in [6.45, 7) is 0. The Bertz CT molecular complexity index is 479. The summed E-state index contributed by atoms with van der Waals surface area (Å²) in [4.78, 5) is 15.4. The van der Waals surface area contributed by atoms with Gasteiger partial charge in [0.2, 0.25) is 5.91 Å². The molecular weight excluding hydrogens is 234 g/mol. The summed E-state index contributed by atoms with van der Waals surface area (Å²) in [6.07, 6.45) is 7.25. The van der Waals surface area contributed by atoms with Gasteiger partial charge in [-0.3, -0.25) is 4.79 Å². The molecular formula is C12H13N3OS. The van der Waals surface area contributed by atoms with Crippen LogP contribution in [-0.4, -0.2) is 27.5 Å². The average molecular weight is 247 g/mol. The SMILES string of the molecule is CSCC(=O)Nc1ccc(-n2ccnc2)cc1. The number of hydrogen-bond donors (Lipinski definition) is 1. The molecule has 0 radical (unpaired) electrons. The first kappa shape index (κ1) is 11.7. The van der Waals surface area contributed by atoms with Crippen LogP contribution in [0.4, 0.5) is 5.69 Å². The van der Waals surface area contributed by atoms with Crippen LogP contribution in [0.15, 0.2) is 43.0 Å². The lowest BCUT2D eigenvalue weighted by atomic mass is 10.3. The molecule has 17 heavy (non-hydrogen) atoms. The first-order chi connectivity index (χ1) is 8.29. The van der Waals surface area contributed by atoms with Gasteiger partial charge in [-0.1, -0.05) is 0 Å². The fourth-order valence-corrected chi connectivity index (χ4v) is 1.79. The van der Waals surface area contributed by atoms with E-state index >= 15 is 0 Å². The molecule has 0 aliphatic carbocycles. The third-order valence-corrected chi connectivity index (χ3v) is 2.78. The molecule has 0 saturated heterocycles. The minimum atomic E-state index is 0.0212. The second-order valence-electron chi connectivity index (χ2n) is 3.50. The van der Waals surface area contributed by atoms with E-state index in [1.165, 1.54) is 11.8 Å². The minimum Gasteiger partial charge on any atom is -0.325 e. The number of rotatable bonds is 4. The van der Waals surface area contributed by atoms with Gasteiger partial charge in [0.25, 0.3) is 0 Å². The van der Waals surface area contributed by atoms with E-state index in [2.05, 4.69) is 10.3 Å². The molecule has 0 saturated carbocycles. The van der Waals surface area contributed by atoms with E-state index in [4.69, 9.17) is 0 Å². The van der Waals surface area contributed by atoms with Gasteiger partial charge in [0.15, 0.2) is 0 Å². The Labute approximate surface area is 104 Å². The van der Waals surface area contributed by atoms with E-state index in [1.54, 1.807) is 12.5 Å². The maximum Gasteiger partial charge on any atom is 0.234 e. The second-order valence-corrected chi connectivity index (χ2v) is 4.36. The van der Waals surface area contributed by atoms with Crippen molar-refractivity contribution >= 4 is 23.4 Å². The third kappa shape index (κ3) is 3.10. The summed E-state index contributed by atoms with van der Waals surface area (Å²) in [7, 11) is 0. The molecule has 0 atom stereocenters. The van der Waals surface area contributed by atoms with Crippen molar-refractivity contribution in [2.75, 3.05) is 17.3 Å². The number of nitrogens with one attached hydrogen (secondary N) is 1. The van der Waals surface area contributed by atoms with Crippen LogP contribution in [-0.2, 0) is 4.79 Å². The number of imidazole rings is 1. The van der Waals surface area contributed by atoms with Gasteiger partial charge in [0, 0.05) is 23.8 Å². The van der Waals surface area contributed by atoms with E-state index in [-0.39, 0.29) is 5.91 Å². The van der Waals surface area contributed by atoms with Crippen LogP contribution in [0.1, 0.15) is 0 Å². The Hall–Kier alpha value is -1.75. The highest BCUT2D eigenvalue weighted by Gasteiger charge is 2.01. The lowest BCUT2D eigenvalue weighted by molar-refractivity contribution is -0.113. The summed E-state index contributed by atoms with van der Waals surface area (Å²) in [5.74, 6) is 0.497. The number of carbonyl (C=O) groups excluding carboxylic acids is 1. The minimum absolute atomic E-state index is 0.0212. The zero-order chi connectivity index (χ0) is 12.1. The number of anilines is 1. The highest BCUT2D eigenvalue weighted by molar-refractivity contribution is 7.99. The van der Waals surface area contributed by atoms with Gasteiger partial charge >= 0.3 is 0 Å². The molecule has 2 rings (SSSR count). The van der Waals surface area contributed by atoms with Gasteiger partial charge in [-0.05, 0) is 30.5 Å². The highest BCUT2D eigenvalue weighted by atomic mass is 32.2. The Morgan fingerprint density at radius 3 is 2.76 bits per heavy atom. The van der Waals surface area contributed by atoms with E-state index in [0.717, 1.165) is 11.4 Å². The lowest BCUT2D eigenvalue weighted by Crippen LogP contribution is -2.13. The predicted octanol–water partition coefficient (Wildman–Crippen LogP) is 2.17. The topological polar surface area (TPSA) is 46.9 Å². The van der Waals surface area contributed by atoms with Crippen LogP contribution < -0.4 is 5.32 Å². The molecule has 1 N–H and O–H groups in total. The Balaban J connectivity index is 2.06. The molecule has 1 aromatic heterocycles. The van der Waals surface area contributed by atoms with Crippen molar-refractivity contribution < 1.29 is 4.79 Å². The van der Waals surface area contributed by atoms with Gasteiger partial charge in [-0.25, -0.2) is 4.98 Å². The van der Waals surface area contributed by atoms with Crippen LogP contribution in [0.3, 0.4) is 0 Å². The zero-order valence-corrected chi connectivity index (χ0v) is 10.3. The third-order valence-electron chi connectivity index (χ3n) is 2.23. The second kappa shape index (κ2) is 5.54. The summed E-state index contributed by atoms with van der Waals surface area (Å²) in [5, 5.41) is 2.83. The van der Waals surface area contributed by atoms with E-state index in [9.17, 15) is 4.79 Å². The maximum absolute atomic E-state index is 11.4. The summed E-state index contributed by atoms with van der Waals surface area (Å²) in [6, 6.07) is 7.65. The highest BCUT2D eigenvalue weighted by Crippen LogP contribution is 2.13. The molecule has 0 bridgehead atoms. The normalized spacial score (nSPS) is 10.2. The lowest BCUT2D eigenvalue weighted by Gasteiger charge is -2.06. The van der Waals surface area contributed by atoms with Crippen LogP contribution in [0.5, 0.6) is 0 Å². The number of thioether (sulfide) groups is 1. The molecule has 2 aromatic rings. The van der Waals surface area contributed by atoms with Crippen molar-refractivity contribution in [1.29, 1.82) is 0 Å². The average Bonchev–Trinajstić information content (AvgIpc) is 2.84. The van der Waals surface area contributed by atoms with Gasteiger partial charge in [-0.2, -0.15) is 11.8 Å². The van der Waals surface area contributed by atoms with Gasteiger partial charge in [0.05, 0.1) is 12.1 Å². The molecule has 4 nitrogen and oxygen atoms in total. The van der Waals surface area contributed by atoms with Gasteiger partial charge < -0.3 is 9.88 Å². The standard InChI is InChI=1S/C12H13N3OS/c1-17-8-12(16)14-10-2-4-11(5-3-10)15-7-6-13-9-15/h2-7,9H,8H2,1H3,(H,14,16). The molecule has 1 heterocycles. The predicted molar refractivity (Wildman–Crippen MR) is 70.6 cm³/mol. The first-order valence-corrected chi connectivity index (χ1v) is 6.56. The molecule has 0 spiro atoms. The largest absolute Gasteiger partial charge is 0.325 e. The molecule has 1 amide bonds. The summed E-state index contributed by atoms with van der Waals surface area (Å²) in [5.41, 5.74) is 1.83. The van der Waals surface area contributed by atoms with E-state index < -0.39 is 0 Å². The molecule has 0 aliphatic rings. The summed E-state index contributed by atoms with van der Waals surface area (Å²) >= 11 is 1.51. The van der Waals surface area contributed by atoms with E-state index in [0.29, 0.717) is 5.75 Å². The van der Waals surface area contributed by atoms with Crippen molar-refractivity contribution in [1.82, 2.24) is 9.55 Å². The molecule has 0 fully saturated rings. The Morgan fingerprint density at radius 2 is 2.18 bits per heavy atom. The van der Waals surface area contributed by atoms with Crippen LogP contribution in [0, 0.1) is 0 Å². The molecule has 0 aliphatic heterocycles. The fraction of sp³-hybridized carbons (Fsp3) is 0.167. The quantitative estimate of drug-likeness (QED) is 0.900. The fourth-order valence-electron chi connectivity index (χ4n) is 1.46. The first-order valence-electron chi connectivity index (χ1n) is 5.17. The Morgan fingerprint density at radius 1 is 1.41 bits per heavy atom. The monoisotopic (exact) mass is 247 g/mol. The summed E-state index contributed by atoms with van der Waals surface area (Å²) < 4.78 is 1.91. The smallest absolute Gasteiger partial charge is 0.234 e. The number of hydrogen-bond acceptors (Lipinski definition) is 3. The number of nitrogens with zero attached hydrogens (tertiary/aromatic N) is 2. The van der Waals surface area contributed by atoms with Crippen LogP contribution in [0.2, 0.25) is 0 Å². The van der Waals surface area contributed by atoms with Crippen molar-refractivity contribution in [2.24, 2.45) is 0 Å². The molecule has 88 valence electrons. The Kier molecular flexibility index (Phi) is 3.82. The van der Waals surface area contributed by atoms with Gasteiger partial charge in [-0.15, -0.1) is 0 Å². The number of carbonyl (C=O) groups is 1.